The van der Waals surface area contributed by atoms with Gasteiger partial charge in [0.2, 0.25) is 10.0 Å². The van der Waals surface area contributed by atoms with Crippen molar-refractivity contribution in [2.75, 3.05) is 13.1 Å². The van der Waals surface area contributed by atoms with Crippen LogP contribution in [-0.4, -0.2) is 48.8 Å². The van der Waals surface area contributed by atoms with Gasteiger partial charge >= 0.3 is 6.18 Å². The quantitative estimate of drug-likeness (QED) is 0.640. The van der Waals surface area contributed by atoms with Crippen LogP contribution in [0.5, 0.6) is 0 Å². The summed E-state index contributed by atoms with van der Waals surface area (Å²) in [6, 6.07) is 12.3. The van der Waals surface area contributed by atoms with E-state index >= 15 is 0 Å². The maximum atomic E-state index is 13.1. The third kappa shape index (κ3) is 4.83. The highest BCUT2D eigenvalue weighted by Gasteiger charge is 2.40. The lowest BCUT2D eigenvalue weighted by Gasteiger charge is -2.30. The van der Waals surface area contributed by atoms with Gasteiger partial charge in [0, 0.05) is 24.7 Å². The molecule has 1 aliphatic carbocycles. The van der Waals surface area contributed by atoms with E-state index in [-0.39, 0.29) is 22.9 Å². The Hall–Kier alpha value is -2.39. The zero-order chi connectivity index (χ0) is 23.1. The zero-order valence-electron chi connectivity index (χ0n) is 17.7. The van der Waals surface area contributed by atoms with Crippen LogP contribution in [0.3, 0.4) is 0 Å². The number of benzene rings is 2. The van der Waals surface area contributed by atoms with E-state index in [1.807, 2.05) is 24.3 Å². The van der Waals surface area contributed by atoms with Gasteiger partial charge in [-0.25, -0.2) is 8.42 Å². The number of hydrogen-bond acceptors (Lipinski definition) is 3. The van der Waals surface area contributed by atoms with Gasteiger partial charge < -0.3 is 4.90 Å². The fourth-order valence-corrected chi connectivity index (χ4v) is 5.61. The first-order valence-electron chi connectivity index (χ1n) is 10.6. The van der Waals surface area contributed by atoms with Gasteiger partial charge in [-0.05, 0) is 67.5 Å². The normalized spacial score (nSPS) is 18.1. The lowest BCUT2D eigenvalue weighted by molar-refractivity contribution is -0.144. The molecule has 1 heterocycles. The van der Waals surface area contributed by atoms with Crippen LogP contribution < -0.4 is 0 Å². The number of carbonyl (C=O) groups is 1. The van der Waals surface area contributed by atoms with Crippen molar-refractivity contribution >= 4 is 15.9 Å². The van der Waals surface area contributed by atoms with Crippen molar-refractivity contribution in [3.63, 3.8) is 0 Å². The van der Waals surface area contributed by atoms with Crippen molar-refractivity contribution in [1.82, 2.24) is 9.21 Å². The van der Waals surface area contributed by atoms with Crippen molar-refractivity contribution in [3.05, 3.63) is 65.2 Å². The molecule has 1 fully saturated rings. The Labute approximate surface area is 185 Å². The molecule has 0 radical (unpaired) electrons. The van der Waals surface area contributed by atoms with E-state index in [2.05, 4.69) is 0 Å². The van der Waals surface area contributed by atoms with Gasteiger partial charge in [-0.2, -0.15) is 17.5 Å². The molecule has 0 bridgehead atoms. The zero-order valence-corrected chi connectivity index (χ0v) is 18.5. The van der Waals surface area contributed by atoms with Gasteiger partial charge in [-0.3, -0.25) is 4.79 Å². The Kier molecular flexibility index (Phi) is 6.06. The summed E-state index contributed by atoms with van der Waals surface area (Å²) in [5.74, 6) is -0.666. The first-order valence-corrected chi connectivity index (χ1v) is 12.0. The summed E-state index contributed by atoms with van der Waals surface area (Å²) in [4.78, 5) is 13.7. The molecule has 0 unspecified atom stereocenters. The molecule has 1 amide bonds. The molecule has 9 heteroatoms. The van der Waals surface area contributed by atoms with Crippen molar-refractivity contribution in [1.29, 1.82) is 0 Å². The molecule has 5 nitrogen and oxygen atoms in total. The van der Waals surface area contributed by atoms with Gasteiger partial charge in [-0.15, -0.1) is 0 Å². The van der Waals surface area contributed by atoms with Crippen molar-refractivity contribution < 1.29 is 26.4 Å². The molecular weight excluding hydrogens is 441 g/mol. The lowest BCUT2D eigenvalue weighted by Crippen LogP contribution is -2.45. The van der Waals surface area contributed by atoms with Crippen molar-refractivity contribution in [2.45, 2.75) is 49.8 Å². The molecule has 0 aromatic heterocycles. The number of carbonyl (C=O) groups excluding carboxylic acids is 1. The molecular formula is C23H25F3N2O3S. The van der Waals surface area contributed by atoms with Crippen molar-refractivity contribution in [3.8, 4) is 0 Å². The molecule has 1 atom stereocenters. The first kappa shape index (κ1) is 22.8. The van der Waals surface area contributed by atoms with Crippen LogP contribution in [0.1, 0.15) is 41.3 Å². The number of hydrogen-bond donors (Lipinski definition) is 0. The van der Waals surface area contributed by atoms with E-state index in [0.29, 0.717) is 13.0 Å². The minimum Gasteiger partial charge on any atom is -0.327 e. The summed E-state index contributed by atoms with van der Waals surface area (Å²) in [5.41, 5.74) is 2.12. The van der Waals surface area contributed by atoms with E-state index in [9.17, 15) is 26.4 Å². The average molecular weight is 467 g/mol. The van der Waals surface area contributed by atoms with E-state index in [1.165, 1.54) is 28.6 Å². The molecule has 0 N–H and O–H groups in total. The molecule has 172 valence electrons. The van der Waals surface area contributed by atoms with E-state index in [4.69, 9.17) is 0 Å². The minimum atomic E-state index is -4.51. The van der Waals surface area contributed by atoms with E-state index in [1.54, 1.807) is 6.92 Å². The second kappa shape index (κ2) is 8.51. The Morgan fingerprint density at radius 3 is 2.31 bits per heavy atom. The molecule has 1 aliphatic heterocycles. The van der Waals surface area contributed by atoms with Gasteiger partial charge in [-0.1, -0.05) is 24.3 Å². The molecule has 2 aliphatic rings. The third-order valence-electron chi connectivity index (χ3n) is 6.24. The number of nitrogens with zero attached hydrogens (tertiary/aromatic N) is 2. The standard InChI is InChI=1S/C23H25F3N2O3S/c1-16(17-6-7-17)28(15-23(24,25)26)22(29)19-8-10-21(11-9-19)32(30,31)27-13-12-18-4-2-3-5-20(18)14-27/h2-5,8-11,16-17H,6-7,12-15H2,1H3/t16-/m1/s1. The van der Waals surface area contributed by atoms with Crippen LogP contribution in [0.25, 0.3) is 0 Å². The summed E-state index contributed by atoms with van der Waals surface area (Å²) in [5, 5.41) is 0. The fourth-order valence-electron chi connectivity index (χ4n) is 4.19. The Bertz CT molecular complexity index is 1100. The molecule has 32 heavy (non-hydrogen) atoms. The van der Waals surface area contributed by atoms with Crippen LogP contribution >= 0.6 is 0 Å². The Morgan fingerprint density at radius 1 is 1.09 bits per heavy atom. The molecule has 1 saturated carbocycles. The Morgan fingerprint density at radius 2 is 1.72 bits per heavy atom. The number of amides is 1. The molecule has 0 saturated heterocycles. The summed E-state index contributed by atoms with van der Waals surface area (Å²) in [6.07, 6.45) is -2.29. The predicted octanol–water partition coefficient (Wildman–Crippen LogP) is 4.24. The van der Waals surface area contributed by atoms with Crippen LogP contribution in [0, 0.1) is 5.92 Å². The SMILES string of the molecule is C[C@H](C1CC1)N(CC(F)(F)F)C(=O)c1ccc(S(=O)(=O)N2CCc3ccccc3C2)cc1. The van der Waals surface area contributed by atoms with Crippen LogP contribution in [-0.2, 0) is 23.0 Å². The molecule has 0 spiro atoms. The predicted molar refractivity (Wildman–Crippen MR) is 113 cm³/mol. The third-order valence-corrected chi connectivity index (χ3v) is 8.10. The highest BCUT2D eigenvalue weighted by atomic mass is 32.2. The minimum absolute atomic E-state index is 0.0195. The van der Waals surface area contributed by atoms with Crippen LogP contribution in [0.4, 0.5) is 13.2 Å². The highest BCUT2D eigenvalue weighted by molar-refractivity contribution is 7.89. The van der Waals surface area contributed by atoms with Crippen LogP contribution in [0.15, 0.2) is 53.4 Å². The van der Waals surface area contributed by atoms with Crippen molar-refractivity contribution in [2.24, 2.45) is 5.92 Å². The number of halogens is 3. The number of sulfonamides is 1. The lowest BCUT2D eigenvalue weighted by atomic mass is 10.0. The topological polar surface area (TPSA) is 57.7 Å². The fraction of sp³-hybridized carbons (Fsp3) is 0.435. The number of alkyl halides is 3. The molecule has 4 rings (SSSR count). The summed E-state index contributed by atoms with van der Waals surface area (Å²) >= 11 is 0. The number of rotatable bonds is 6. The second-order valence-corrected chi connectivity index (χ2v) is 10.4. The first-order chi connectivity index (χ1) is 15.1. The molecule has 2 aromatic rings. The summed E-state index contributed by atoms with van der Waals surface area (Å²) < 4.78 is 66.8. The number of fused-ring (bicyclic) bond motifs is 1. The Balaban J connectivity index is 1.53. The van der Waals surface area contributed by atoms with Gasteiger partial charge in [0.15, 0.2) is 0 Å². The monoisotopic (exact) mass is 466 g/mol. The van der Waals surface area contributed by atoms with Crippen LogP contribution in [0.2, 0.25) is 0 Å². The smallest absolute Gasteiger partial charge is 0.327 e. The maximum absolute atomic E-state index is 13.1. The highest BCUT2D eigenvalue weighted by Crippen LogP contribution is 2.37. The molecule has 2 aromatic carbocycles. The largest absolute Gasteiger partial charge is 0.406 e. The van der Waals surface area contributed by atoms with E-state index in [0.717, 1.165) is 28.9 Å². The van der Waals surface area contributed by atoms with Gasteiger partial charge in [0.25, 0.3) is 5.91 Å². The van der Waals surface area contributed by atoms with Gasteiger partial charge in [0.05, 0.1) is 4.90 Å². The summed E-state index contributed by atoms with van der Waals surface area (Å²) in [6.45, 7) is 0.917. The summed E-state index contributed by atoms with van der Waals surface area (Å²) in [7, 11) is -3.79. The maximum Gasteiger partial charge on any atom is 0.406 e. The second-order valence-electron chi connectivity index (χ2n) is 8.51. The van der Waals surface area contributed by atoms with Gasteiger partial charge in [0.1, 0.15) is 6.54 Å². The average Bonchev–Trinajstić information content (AvgIpc) is 3.61. The van der Waals surface area contributed by atoms with E-state index < -0.39 is 34.7 Å².